The van der Waals surface area contributed by atoms with Crippen molar-refractivity contribution >= 4 is 23.5 Å². The van der Waals surface area contributed by atoms with Gasteiger partial charge in [0.25, 0.3) is 0 Å². The Kier molecular flexibility index (Phi) is 3.09. The number of nitrogens with one attached hydrogen (secondary N) is 2. The largest absolute Gasteiger partial charge is 0.322 e. The van der Waals surface area contributed by atoms with Crippen LogP contribution in [0, 0.1) is 11.6 Å². The second-order valence-corrected chi connectivity index (χ2v) is 4.44. The third-order valence-electron chi connectivity index (χ3n) is 3.03. The highest BCUT2D eigenvalue weighted by atomic mass is 19.1. The summed E-state index contributed by atoms with van der Waals surface area (Å²) in [6.07, 6.45) is 1.17. The van der Waals surface area contributed by atoms with Gasteiger partial charge in [-0.1, -0.05) is 0 Å². The average Bonchev–Trinajstić information content (AvgIpc) is 2.88. The van der Waals surface area contributed by atoms with E-state index in [-0.39, 0.29) is 18.1 Å². The summed E-state index contributed by atoms with van der Waals surface area (Å²) in [4.78, 5) is 23.7. The lowest BCUT2D eigenvalue weighted by Crippen LogP contribution is -2.35. The molecule has 108 valence electrons. The number of halogens is 2. The van der Waals surface area contributed by atoms with Crippen LogP contribution < -0.4 is 10.6 Å². The lowest BCUT2D eigenvalue weighted by Gasteiger charge is -2.23. The average molecular weight is 293 g/mol. The maximum atomic E-state index is 13.5. The molecule has 0 bridgehead atoms. The van der Waals surface area contributed by atoms with Crippen LogP contribution in [-0.2, 0) is 9.59 Å². The summed E-state index contributed by atoms with van der Waals surface area (Å²) in [6, 6.07) is 1.90. The Morgan fingerprint density at radius 2 is 2.24 bits per heavy atom. The highest BCUT2D eigenvalue weighted by Crippen LogP contribution is 2.24. The van der Waals surface area contributed by atoms with Crippen LogP contribution in [0.1, 0.15) is 12.5 Å². The molecule has 3 rings (SSSR count). The van der Waals surface area contributed by atoms with E-state index >= 15 is 0 Å². The van der Waals surface area contributed by atoms with Crippen LogP contribution >= 0.6 is 0 Å². The van der Waals surface area contributed by atoms with Crippen LogP contribution in [0.25, 0.3) is 0 Å². The molecule has 0 fully saturated rings. The molecule has 0 spiro atoms. The van der Waals surface area contributed by atoms with Crippen molar-refractivity contribution < 1.29 is 18.4 Å². The number of nitrogens with zero attached hydrogens (tertiary/aromatic N) is 3. The van der Waals surface area contributed by atoms with E-state index in [0.717, 1.165) is 12.1 Å². The molecule has 7 nitrogen and oxygen atoms in total. The fourth-order valence-electron chi connectivity index (χ4n) is 2.04. The Morgan fingerprint density at radius 3 is 3.00 bits per heavy atom. The minimum atomic E-state index is -0.896. The molecule has 2 N–H and O–H groups in total. The summed E-state index contributed by atoms with van der Waals surface area (Å²) in [6.45, 7) is 0. The summed E-state index contributed by atoms with van der Waals surface area (Å²) in [5.74, 6) is -2.51. The van der Waals surface area contributed by atoms with Crippen LogP contribution in [0.4, 0.5) is 20.4 Å². The zero-order chi connectivity index (χ0) is 15.0. The molecule has 1 atom stereocenters. The summed E-state index contributed by atoms with van der Waals surface area (Å²) in [5, 5.41) is 12.0. The number of fused-ring (bicyclic) bond motifs is 1. The molecule has 1 aromatic carbocycles. The number of anilines is 2. The van der Waals surface area contributed by atoms with Gasteiger partial charge in [-0.05, 0) is 12.1 Å². The van der Waals surface area contributed by atoms with Crippen LogP contribution in [0.2, 0.25) is 0 Å². The van der Waals surface area contributed by atoms with Gasteiger partial charge in [0.15, 0.2) is 0 Å². The molecule has 1 aliphatic heterocycles. The number of hydrogen-bond donors (Lipinski definition) is 2. The number of hydrogen-bond acceptors (Lipinski definition) is 4. The number of rotatable bonds is 2. The molecule has 0 radical (unpaired) electrons. The second-order valence-electron chi connectivity index (χ2n) is 4.44. The fraction of sp³-hybridized carbons (Fsp3) is 0.167. The van der Waals surface area contributed by atoms with Crippen molar-refractivity contribution in [3.8, 4) is 0 Å². The molecule has 9 heteroatoms. The van der Waals surface area contributed by atoms with E-state index in [1.807, 2.05) is 0 Å². The van der Waals surface area contributed by atoms with Gasteiger partial charge in [0.2, 0.25) is 17.8 Å². The topological polar surface area (TPSA) is 88.9 Å². The van der Waals surface area contributed by atoms with Gasteiger partial charge in [-0.25, -0.2) is 8.78 Å². The molecule has 1 aromatic heterocycles. The van der Waals surface area contributed by atoms with E-state index in [1.165, 1.54) is 10.9 Å². The Balaban J connectivity index is 1.85. The molecule has 0 saturated heterocycles. The van der Waals surface area contributed by atoms with E-state index in [1.54, 1.807) is 0 Å². The van der Waals surface area contributed by atoms with Crippen LogP contribution in [-0.4, -0.2) is 26.6 Å². The fourth-order valence-corrected chi connectivity index (χ4v) is 2.04. The minimum absolute atomic E-state index is 0.125. The summed E-state index contributed by atoms with van der Waals surface area (Å²) in [7, 11) is 0. The zero-order valence-corrected chi connectivity index (χ0v) is 10.5. The normalized spacial score (nSPS) is 17.0. The Morgan fingerprint density at radius 1 is 1.43 bits per heavy atom. The zero-order valence-electron chi connectivity index (χ0n) is 10.5. The lowest BCUT2D eigenvalue weighted by molar-refractivity contribution is -0.125. The predicted molar refractivity (Wildman–Crippen MR) is 67.3 cm³/mol. The van der Waals surface area contributed by atoms with Crippen molar-refractivity contribution in [2.45, 2.75) is 12.5 Å². The first kappa shape index (κ1) is 13.2. The number of aromatic nitrogens is 3. The third kappa shape index (κ3) is 2.45. The smallest absolute Gasteiger partial charge is 0.248 e. The third-order valence-corrected chi connectivity index (χ3v) is 3.03. The standard InChI is InChI=1S/C12H9F2N5O2/c13-6-1-2-8(7(14)3-6)16-11(21)9-4-10(20)17-12-18-15-5-19(9)12/h1-3,5,9H,4H2,(H,16,21)(H,17,18,20). The molecule has 1 aliphatic rings. The van der Waals surface area contributed by atoms with E-state index < -0.39 is 29.5 Å². The van der Waals surface area contributed by atoms with Crippen molar-refractivity contribution in [3.05, 3.63) is 36.2 Å². The number of amides is 2. The minimum Gasteiger partial charge on any atom is -0.322 e. The van der Waals surface area contributed by atoms with E-state index in [0.29, 0.717) is 6.07 Å². The Hall–Kier alpha value is -2.84. The Bertz CT molecular complexity index is 730. The van der Waals surface area contributed by atoms with Crippen molar-refractivity contribution in [2.75, 3.05) is 10.6 Å². The molecule has 2 amide bonds. The molecular formula is C12H9F2N5O2. The van der Waals surface area contributed by atoms with Crippen molar-refractivity contribution in [1.29, 1.82) is 0 Å². The van der Waals surface area contributed by atoms with Gasteiger partial charge in [0.1, 0.15) is 24.0 Å². The molecule has 0 aliphatic carbocycles. The predicted octanol–water partition coefficient (Wildman–Crippen LogP) is 1.08. The summed E-state index contributed by atoms with van der Waals surface area (Å²) < 4.78 is 27.7. The van der Waals surface area contributed by atoms with Crippen molar-refractivity contribution in [1.82, 2.24) is 14.8 Å². The lowest BCUT2D eigenvalue weighted by atomic mass is 10.1. The quantitative estimate of drug-likeness (QED) is 0.867. The Labute approximate surface area is 117 Å². The van der Waals surface area contributed by atoms with Crippen LogP contribution in [0.5, 0.6) is 0 Å². The monoisotopic (exact) mass is 293 g/mol. The van der Waals surface area contributed by atoms with E-state index in [9.17, 15) is 18.4 Å². The molecule has 2 aromatic rings. The van der Waals surface area contributed by atoms with E-state index in [2.05, 4.69) is 20.8 Å². The van der Waals surface area contributed by atoms with Gasteiger partial charge in [-0.15, -0.1) is 10.2 Å². The maximum Gasteiger partial charge on any atom is 0.248 e. The first-order valence-electron chi connectivity index (χ1n) is 6.00. The molecular weight excluding hydrogens is 284 g/mol. The van der Waals surface area contributed by atoms with Crippen LogP contribution in [0.3, 0.4) is 0 Å². The summed E-state index contributed by atoms with van der Waals surface area (Å²) in [5.41, 5.74) is -0.165. The van der Waals surface area contributed by atoms with Crippen molar-refractivity contribution in [3.63, 3.8) is 0 Å². The SMILES string of the molecule is O=C1CC(C(=O)Nc2ccc(F)cc2F)n2cnnc2N1. The van der Waals surface area contributed by atoms with Gasteiger partial charge in [0.05, 0.1) is 12.1 Å². The molecule has 21 heavy (non-hydrogen) atoms. The molecule has 0 saturated carbocycles. The second kappa shape index (κ2) is 4.93. The van der Waals surface area contributed by atoms with Gasteiger partial charge in [-0.2, -0.15) is 0 Å². The van der Waals surface area contributed by atoms with Crippen LogP contribution in [0.15, 0.2) is 24.5 Å². The van der Waals surface area contributed by atoms with E-state index in [4.69, 9.17) is 0 Å². The van der Waals surface area contributed by atoms with Gasteiger partial charge in [0, 0.05) is 6.07 Å². The number of carbonyl (C=O) groups is 2. The van der Waals surface area contributed by atoms with Gasteiger partial charge < -0.3 is 5.32 Å². The first-order valence-corrected chi connectivity index (χ1v) is 6.00. The summed E-state index contributed by atoms with van der Waals surface area (Å²) >= 11 is 0. The first-order chi connectivity index (χ1) is 10.0. The highest BCUT2D eigenvalue weighted by Gasteiger charge is 2.31. The molecule has 1 unspecified atom stereocenters. The maximum absolute atomic E-state index is 13.5. The number of benzene rings is 1. The van der Waals surface area contributed by atoms with Crippen molar-refractivity contribution in [2.24, 2.45) is 0 Å². The number of carbonyl (C=O) groups excluding carboxylic acids is 2. The van der Waals surface area contributed by atoms with Gasteiger partial charge in [-0.3, -0.25) is 19.5 Å². The highest BCUT2D eigenvalue weighted by molar-refractivity contribution is 6.00. The molecule has 2 heterocycles. The van der Waals surface area contributed by atoms with Gasteiger partial charge >= 0.3 is 0 Å².